The van der Waals surface area contributed by atoms with E-state index in [1.54, 1.807) is 12.1 Å². The molecule has 2 aromatic carbocycles. The highest BCUT2D eigenvalue weighted by atomic mass is 19.1. The van der Waals surface area contributed by atoms with E-state index in [1.165, 1.54) is 17.7 Å². The van der Waals surface area contributed by atoms with Crippen LogP contribution in [0.5, 0.6) is 11.5 Å². The minimum Gasteiger partial charge on any atom is -0.457 e. The summed E-state index contributed by atoms with van der Waals surface area (Å²) in [5.74, 6) is 1.16. The predicted molar refractivity (Wildman–Crippen MR) is 79.8 cm³/mol. The molecule has 0 bridgehead atoms. The van der Waals surface area contributed by atoms with E-state index in [-0.39, 0.29) is 5.82 Å². The molecule has 0 amide bonds. The zero-order valence-electron chi connectivity index (χ0n) is 12.0. The molecular formula is C17H20FNO. The molecule has 0 unspecified atom stereocenters. The van der Waals surface area contributed by atoms with Gasteiger partial charge in [0.1, 0.15) is 17.3 Å². The lowest BCUT2D eigenvalue weighted by Gasteiger charge is -2.09. The lowest BCUT2D eigenvalue weighted by Crippen LogP contribution is -2.13. The average molecular weight is 273 g/mol. The van der Waals surface area contributed by atoms with Gasteiger partial charge in [-0.1, -0.05) is 12.1 Å². The molecule has 0 fully saturated rings. The Balaban J connectivity index is 1.89. The molecule has 0 aliphatic carbocycles. The summed E-state index contributed by atoms with van der Waals surface area (Å²) in [7, 11) is 4.17. The maximum atomic E-state index is 12.8. The van der Waals surface area contributed by atoms with Crippen molar-refractivity contribution in [1.82, 2.24) is 4.90 Å². The summed E-state index contributed by atoms with van der Waals surface area (Å²) in [5, 5.41) is 0. The van der Waals surface area contributed by atoms with Crippen LogP contribution in [0.3, 0.4) is 0 Å². The average Bonchev–Trinajstić information content (AvgIpc) is 2.43. The number of benzene rings is 2. The first-order chi connectivity index (χ1) is 9.63. The third kappa shape index (κ3) is 4.67. The normalized spacial score (nSPS) is 10.8. The molecule has 2 aromatic rings. The van der Waals surface area contributed by atoms with E-state index in [2.05, 4.69) is 31.1 Å². The number of hydrogen-bond acceptors (Lipinski definition) is 2. The maximum absolute atomic E-state index is 12.8. The van der Waals surface area contributed by atoms with E-state index in [9.17, 15) is 4.39 Å². The molecule has 0 saturated heterocycles. The van der Waals surface area contributed by atoms with Crippen molar-refractivity contribution in [2.24, 2.45) is 0 Å². The van der Waals surface area contributed by atoms with E-state index in [0.717, 1.165) is 25.1 Å². The van der Waals surface area contributed by atoms with Crippen LogP contribution in [0.1, 0.15) is 12.0 Å². The van der Waals surface area contributed by atoms with Gasteiger partial charge in [-0.15, -0.1) is 0 Å². The van der Waals surface area contributed by atoms with E-state index < -0.39 is 0 Å². The summed E-state index contributed by atoms with van der Waals surface area (Å²) < 4.78 is 18.5. The van der Waals surface area contributed by atoms with Crippen LogP contribution < -0.4 is 4.74 Å². The van der Waals surface area contributed by atoms with Crippen molar-refractivity contribution >= 4 is 0 Å². The van der Waals surface area contributed by atoms with Gasteiger partial charge in [0, 0.05) is 0 Å². The maximum Gasteiger partial charge on any atom is 0.127 e. The topological polar surface area (TPSA) is 12.5 Å². The molecule has 0 spiro atoms. The Bertz CT molecular complexity index is 520. The van der Waals surface area contributed by atoms with Crippen molar-refractivity contribution in [3.05, 3.63) is 59.9 Å². The quantitative estimate of drug-likeness (QED) is 0.785. The molecule has 20 heavy (non-hydrogen) atoms. The van der Waals surface area contributed by atoms with Gasteiger partial charge in [-0.05, 0) is 75.4 Å². The SMILES string of the molecule is CN(C)CCCc1ccc(Oc2ccc(F)cc2)cc1. The highest BCUT2D eigenvalue weighted by Gasteiger charge is 1.99. The molecule has 0 aliphatic rings. The van der Waals surface area contributed by atoms with Gasteiger partial charge in [-0.3, -0.25) is 0 Å². The third-order valence-electron chi connectivity index (χ3n) is 3.04. The monoisotopic (exact) mass is 273 g/mol. The van der Waals surface area contributed by atoms with Crippen LogP contribution in [0.25, 0.3) is 0 Å². The predicted octanol–water partition coefficient (Wildman–Crippen LogP) is 4.11. The first kappa shape index (κ1) is 14.5. The largest absolute Gasteiger partial charge is 0.457 e. The first-order valence-corrected chi connectivity index (χ1v) is 6.80. The summed E-state index contributed by atoms with van der Waals surface area (Å²) >= 11 is 0. The summed E-state index contributed by atoms with van der Waals surface area (Å²) in [5.41, 5.74) is 1.30. The van der Waals surface area contributed by atoms with Gasteiger partial charge in [0.2, 0.25) is 0 Å². The van der Waals surface area contributed by atoms with Crippen molar-refractivity contribution in [2.75, 3.05) is 20.6 Å². The van der Waals surface area contributed by atoms with E-state index in [4.69, 9.17) is 4.74 Å². The van der Waals surface area contributed by atoms with Crippen LogP contribution in [0.4, 0.5) is 4.39 Å². The molecule has 0 aromatic heterocycles. The standard InChI is InChI=1S/C17H20FNO/c1-19(2)13-3-4-14-5-9-16(10-6-14)20-17-11-7-15(18)8-12-17/h5-12H,3-4,13H2,1-2H3. The zero-order chi connectivity index (χ0) is 14.4. The van der Waals surface area contributed by atoms with Gasteiger partial charge < -0.3 is 9.64 Å². The number of nitrogens with zero attached hydrogens (tertiary/aromatic N) is 1. The molecular weight excluding hydrogens is 253 g/mol. The molecule has 0 aliphatic heterocycles. The molecule has 0 heterocycles. The highest BCUT2D eigenvalue weighted by molar-refractivity contribution is 5.33. The Hall–Kier alpha value is -1.87. The molecule has 106 valence electrons. The lowest BCUT2D eigenvalue weighted by molar-refractivity contribution is 0.400. The molecule has 0 radical (unpaired) electrons. The fourth-order valence-electron chi connectivity index (χ4n) is 1.96. The summed E-state index contributed by atoms with van der Waals surface area (Å²) in [6.07, 6.45) is 2.21. The second kappa shape index (κ2) is 7.06. The fraction of sp³-hybridized carbons (Fsp3) is 0.294. The second-order valence-corrected chi connectivity index (χ2v) is 5.11. The Morgan fingerprint density at radius 2 is 1.45 bits per heavy atom. The Labute approximate surface area is 119 Å². The van der Waals surface area contributed by atoms with Gasteiger partial charge in [0.25, 0.3) is 0 Å². The van der Waals surface area contributed by atoms with Crippen LogP contribution in [0.15, 0.2) is 48.5 Å². The van der Waals surface area contributed by atoms with Gasteiger partial charge >= 0.3 is 0 Å². The Morgan fingerprint density at radius 1 is 0.900 bits per heavy atom. The first-order valence-electron chi connectivity index (χ1n) is 6.80. The fourth-order valence-corrected chi connectivity index (χ4v) is 1.96. The van der Waals surface area contributed by atoms with E-state index in [1.807, 2.05) is 12.1 Å². The van der Waals surface area contributed by atoms with Crippen LogP contribution in [0, 0.1) is 5.82 Å². The minimum atomic E-state index is -0.256. The van der Waals surface area contributed by atoms with Crippen LogP contribution in [-0.4, -0.2) is 25.5 Å². The number of hydrogen-bond donors (Lipinski definition) is 0. The molecule has 0 saturated carbocycles. The number of aryl methyl sites for hydroxylation is 1. The van der Waals surface area contributed by atoms with Gasteiger partial charge in [-0.2, -0.15) is 0 Å². The smallest absolute Gasteiger partial charge is 0.127 e. The second-order valence-electron chi connectivity index (χ2n) is 5.11. The van der Waals surface area contributed by atoms with Crippen molar-refractivity contribution in [1.29, 1.82) is 0 Å². The third-order valence-corrected chi connectivity index (χ3v) is 3.04. The molecule has 0 N–H and O–H groups in total. The van der Waals surface area contributed by atoms with Crippen LogP contribution >= 0.6 is 0 Å². The summed E-state index contributed by atoms with van der Waals surface area (Å²) in [6.45, 7) is 1.09. The Kier molecular flexibility index (Phi) is 5.13. The number of ether oxygens (including phenoxy) is 1. The Morgan fingerprint density at radius 3 is 2.00 bits per heavy atom. The summed E-state index contributed by atoms with van der Waals surface area (Å²) in [6, 6.07) is 14.1. The zero-order valence-corrected chi connectivity index (χ0v) is 12.0. The molecule has 2 nitrogen and oxygen atoms in total. The number of rotatable bonds is 6. The minimum absolute atomic E-state index is 0.256. The highest BCUT2D eigenvalue weighted by Crippen LogP contribution is 2.22. The lowest BCUT2D eigenvalue weighted by atomic mass is 10.1. The van der Waals surface area contributed by atoms with Crippen molar-refractivity contribution in [2.45, 2.75) is 12.8 Å². The van der Waals surface area contributed by atoms with Crippen LogP contribution in [0.2, 0.25) is 0 Å². The van der Waals surface area contributed by atoms with Gasteiger partial charge in [-0.25, -0.2) is 4.39 Å². The molecule has 2 rings (SSSR count). The number of halogens is 1. The van der Waals surface area contributed by atoms with E-state index in [0.29, 0.717) is 5.75 Å². The molecule has 0 atom stereocenters. The van der Waals surface area contributed by atoms with Crippen molar-refractivity contribution < 1.29 is 9.13 Å². The van der Waals surface area contributed by atoms with Crippen LogP contribution in [-0.2, 0) is 6.42 Å². The van der Waals surface area contributed by atoms with Gasteiger partial charge in [0.05, 0.1) is 0 Å². The van der Waals surface area contributed by atoms with E-state index >= 15 is 0 Å². The summed E-state index contributed by atoms with van der Waals surface area (Å²) in [4.78, 5) is 2.19. The van der Waals surface area contributed by atoms with Crippen molar-refractivity contribution in [3.63, 3.8) is 0 Å². The van der Waals surface area contributed by atoms with Gasteiger partial charge in [0.15, 0.2) is 0 Å². The van der Waals surface area contributed by atoms with Crippen molar-refractivity contribution in [3.8, 4) is 11.5 Å². The molecule has 3 heteroatoms.